The molecule has 0 aliphatic carbocycles. The first-order chi connectivity index (χ1) is 9.79. The van der Waals surface area contributed by atoms with Gasteiger partial charge in [-0.2, -0.15) is 0 Å². The van der Waals surface area contributed by atoms with Crippen molar-refractivity contribution in [2.75, 3.05) is 0 Å². The van der Waals surface area contributed by atoms with Gasteiger partial charge in [0.25, 0.3) is 0 Å². The standard InChI is InChI=1S/C14H12F3NO2S/c1-9-6-11(15)4-5-14(9)21(19,20)18-8-10-2-3-12(16)7-13(10)17/h2-7,18H,8H2,1H3. The Morgan fingerprint density at radius 2 is 1.62 bits per heavy atom. The molecule has 0 unspecified atom stereocenters. The van der Waals surface area contributed by atoms with Crippen molar-refractivity contribution in [3.63, 3.8) is 0 Å². The van der Waals surface area contributed by atoms with Gasteiger partial charge < -0.3 is 0 Å². The lowest BCUT2D eigenvalue weighted by Crippen LogP contribution is -2.24. The molecule has 0 aliphatic heterocycles. The molecule has 21 heavy (non-hydrogen) atoms. The van der Waals surface area contributed by atoms with Crippen LogP contribution < -0.4 is 4.72 Å². The number of aryl methyl sites for hydroxylation is 1. The van der Waals surface area contributed by atoms with Gasteiger partial charge in [-0.3, -0.25) is 0 Å². The zero-order chi connectivity index (χ0) is 15.6. The summed E-state index contributed by atoms with van der Waals surface area (Å²) in [5.41, 5.74) is 0.252. The molecule has 0 fully saturated rings. The van der Waals surface area contributed by atoms with Crippen LogP contribution in [0, 0.1) is 24.4 Å². The zero-order valence-electron chi connectivity index (χ0n) is 11.0. The van der Waals surface area contributed by atoms with E-state index in [1.165, 1.54) is 6.92 Å². The van der Waals surface area contributed by atoms with Crippen molar-refractivity contribution in [2.24, 2.45) is 0 Å². The molecule has 0 heterocycles. The Hall–Kier alpha value is -1.86. The van der Waals surface area contributed by atoms with E-state index in [0.717, 1.165) is 30.3 Å². The Bertz CT molecular complexity index is 776. The number of nitrogens with one attached hydrogen (secondary N) is 1. The van der Waals surface area contributed by atoms with E-state index in [1.54, 1.807) is 0 Å². The monoisotopic (exact) mass is 315 g/mol. The fourth-order valence-corrected chi connectivity index (χ4v) is 3.06. The van der Waals surface area contributed by atoms with E-state index in [-0.39, 0.29) is 22.6 Å². The molecule has 2 aromatic rings. The molecule has 0 aliphatic rings. The van der Waals surface area contributed by atoms with E-state index < -0.39 is 27.5 Å². The Labute approximate surface area is 120 Å². The van der Waals surface area contributed by atoms with E-state index in [4.69, 9.17) is 0 Å². The minimum absolute atomic E-state index is 0.0136. The maximum atomic E-state index is 13.4. The van der Waals surface area contributed by atoms with Gasteiger partial charge in [0, 0.05) is 18.2 Å². The van der Waals surface area contributed by atoms with Crippen molar-refractivity contribution < 1.29 is 21.6 Å². The molecule has 0 saturated heterocycles. The third kappa shape index (κ3) is 3.62. The first-order valence-electron chi connectivity index (χ1n) is 5.99. The normalized spacial score (nSPS) is 11.6. The van der Waals surface area contributed by atoms with Gasteiger partial charge in [-0.15, -0.1) is 0 Å². The highest BCUT2D eigenvalue weighted by Gasteiger charge is 2.17. The second-order valence-corrected chi connectivity index (χ2v) is 6.21. The van der Waals surface area contributed by atoms with Crippen molar-refractivity contribution in [1.29, 1.82) is 0 Å². The average molecular weight is 315 g/mol. The van der Waals surface area contributed by atoms with Gasteiger partial charge in [0.2, 0.25) is 10.0 Å². The van der Waals surface area contributed by atoms with Gasteiger partial charge in [0.05, 0.1) is 4.90 Å². The molecule has 0 amide bonds. The number of halogens is 3. The summed E-state index contributed by atoms with van der Waals surface area (Å²) in [6.45, 7) is 1.13. The van der Waals surface area contributed by atoms with Crippen LogP contribution in [-0.4, -0.2) is 8.42 Å². The van der Waals surface area contributed by atoms with Crippen LogP contribution in [0.4, 0.5) is 13.2 Å². The molecule has 0 atom stereocenters. The highest BCUT2D eigenvalue weighted by atomic mass is 32.2. The van der Waals surface area contributed by atoms with E-state index >= 15 is 0 Å². The minimum atomic E-state index is -3.91. The van der Waals surface area contributed by atoms with Gasteiger partial charge in [0.15, 0.2) is 0 Å². The molecule has 0 bridgehead atoms. The smallest absolute Gasteiger partial charge is 0.207 e. The first-order valence-corrected chi connectivity index (χ1v) is 7.47. The maximum Gasteiger partial charge on any atom is 0.241 e. The molecule has 3 nitrogen and oxygen atoms in total. The molecule has 2 aromatic carbocycles. The van der Waals surface area contributed by atoms with Crippen LogP contribution in [-0.2, 0) is 16.6 Å². The van der Waals surface area contributed by atoms with E-state index in [1.807, 2.05) is 0 Å². The van der Waals surface area contributed by atoms with Crippen LogP contribution in [0.25, 0.3) is 0 Å². The SMILES string of the molecule is Cc1cc(F)ccc1S(=O)(=O)NCc1ccc(F)cc1F. The van der Waals surface area contributed by atoms with Gasteiger partial charge in [-0.25, -0.2) is 26.3 Å². The number of rotatable bonds is 4. The second-order valence-electron chi connectivity index (χ2n) is 4.47. The van der Waals surface area contributed by atoms with Crippen LogP contribution >= 0.6 is 0 Å². The lowest BCUT2D eigenvalue weighted by atomic mass is 10.2. The Kier molecular flexibility index (Phi) is 4.34. The van der Waals surface area contributed by atoms with Gasteiger partial charge >= 0.3 is 0 Å². The summed E-state index contributed by atoms with van der Waals surface area (Å²) in [4.78, 5) is -0.0913. The largest absolute Gasteiger partial charge is 0.241 e. The summed E-state index contributed by atoms with van der Waals surface area (Å²) in [7, 11) is -3.91. The van der Waals surface area contributed by atoms with Crippen molar-refractivity contribution in [2.45, 2.75) is 18.4 Å². The maximum absolute atomic E-state index is 13.4. The Balaban J connectivity index is 2.22. The number of sulfonamides is 1. The van der Waals surface area contributed by atoms with Crippen molar-refractivity contribution >= 4 is 10.0 Å². The molecule has 2 rings (SSSR count). The van der Waals surface area contributed by atoms with Crippen LogP contribution in [0.3, 0.4) is 0 Å². The minimum Gasteiger partial charge on any atom is -0.207 e. The van der Waals surface area contributed by atoms with Crippen LogP contribution in [0.1, 0.15) is 11.1 Å². The third-order valence-corrected chi connectivity index (χ3v) is 4.46. The molecular weight excluding hydrogens is 303 g/mol. The lowest BCUT2D eigenvalue weighted by Gasteiger charge is -2.10. The molecule has 0 spiro atoms. The molecule has 0 aromatic heterocycles. The second kappa shape index (κ2) is 5.87. The number of hydrogen-bond donors (Lipinski definition) is 1. The Morgan fingerprint density at radius 1 is 1.00 bits per heavy atom. The predicted molar refractivity (Wildman–Crippen MR) is 71.5 cm³/mol. The van der Waals surface area contributed by atoms with Crippen LogP contribution in [0.5, 0.6) is 0 Å². The van der Waals surface area contributed by atoms with Crippen molar-refractivity contribution in [3.8, 4) is 0 Å². The summed E-state index contributed by atoms with van der Waals surface area (Å²) in [6.07, 6.45) is 0. The van der Waals surface area contributed by atoms with Gasteiger partial charge in [0.1, 0.15) is 17.5 Å². The summed E-state index contributed by atoms with van der Waals surface area (Å²) in [6, 6.07) is 6.12. The predicted octanol–water partition coefficient (Wildman–Crippen LogP) is 2.89. The van der Waals surface area contributed by atoms with E-state index in [2.05, 4.69) is 4.72 Å². The topological polar surface area (TPSA) is 46.2 Å². The fraction of sp³-hybridized carbons (Fsp3) is 0.143. The Morgan fingerprint density at radius 3 is 2.24 bits per heavy atom. The molecule has 7 heteroatoms. The molecule has 112 valence electrons. The summed E-state index contributed by atoms with van der Waals surface area (Å²) in [5, 5.41) is 0. The number of benzene rings is 2. The van der Waals surface area contributed by atoms with Gasteiger partial charge in [-0.05, 0) is 36.8 Å². The molecule has 1 N–H and O–H groups in total. The van der Waals surface area contributed by atoms with Gasteiger partial charge in [-0.1, -0.05) is 6.07 Å². The average Bonchev–Trinajstić information content (AvgIpc) is 2.37. The quantitative estimate of drug-likeness (QED) is 0.943. The summed E-state index contributed by atoms with van der Waals surface area (Å²) < 4.78 is 65.5. The first kappa shape index (κ1) is 15.5. The number of hydrogen-bond acceptors (Lipinski definition) is 2. The van der Waals surface area contributed by atoms with Crippen LogP contribution in [0.2, 0.25) is 0 Å². The lowest BCUT2D eigenvalue weighted by molar-refractivity contribution is 0.562. The van der Waals surface area contributed by atoms with Crippen molar-refractivity contribution in [3.05, 3.63) is 65.0 Å². The highest BCUT2D eigenvalue weighted by Crippen LogP contribution is 2.17. The van der Waals surface area contributed by atoms with E-state index in [0.29, 0.717) is 6.07 Å². The fourth-order valence-electron chi connectivity index (χ4n) is 1.83. The highest BCUT2D eigenvalue weighted by molar-refractivity contribution is 7.89. The van der Waals surface area contributed by atoms with E-state index in [9.17, 15) is 21.6 Å². The zero-order valence-corrected chi connectivity index (χ0v) is 11.8. The summed E-state index contributed by atoms with van der Waals surface area (Å²) >= 11 is 0. The third-order valence-electron chi connectivity index (χ3n) is 2.89. The van der Waals surface area contributed by atoms with Crippen LogP contribution in [0.15, 0.2) is 41.3 Å². The molecule has 0 radical (unpaired) electrons. The molecule has 0 saturated carbocycles. The van der Waals surface area contributed by atoms with Crippen molar-refractivity contribution in [1.82, 2.24) is 4.72 Å². The summed E-state index contributed by atoms with van der Waals surface area (Å²) in [5.74, 6) is -2.13. The molecular formula is C14H12F3NO2S.